The van der Waals surface area contributed by atoms with Gasteiger partial charge in [0.25, 0.3) is 0 Å². The van der Waals surface area contributed by atoms with Crippen molar-refractivity contribution in [1.29, 1.82) is 0 Å². The van der Waals surface area contributed by atoms with E-state index in [9.17, 15) is 0 Å². The van der Waals surface area contributed by atoms with E-state index in [-0.39, 0.29) is 6.17 Å². The molecular formula is C14H27N3. The van der Waals surface area contributed by atoms with Crippen LogP contribution in [-0.4, -0.2) is 17.2 Å². The number of hydrogen-bond donors (Lipinski definition) is 2. The zero-order valence-electron chi connectivity index (χ0n) is 11.2. The fourth-order valence-electron chi connectivity index (χ4n) is 2.08. The van der Waals surface area contributed by atoms with E-state index in [0.29, 0.717) is 6.17 Å². The summed E-state index contributed by atoms with van der Waals surface area (Å²) in [5, 5.41) is 3.35. The van der Waals surface area contributed by atoms with Crippen LogP contribution in [0, 0.1) is 0 Å². The van der Waals surface area contributed by atoms with Gasteiger partial charge in [-0.05, 0) is 39.0 Å². The van der Waals surface area contributed by atoms with Crippen LogP contribution in [0.25, 0.3) is 0 Å². The predicted octanol–water partition coefficient (Wildman–Crippen LogP) is 2.91. The Morgan fingerprint density at radius 1 is 1.35 bits per heavy atom. The highest BCUT2D eigenvalue weighted by Crippen LogP contribution is 2.14. The molecule has 98 valence electrons. The molecule has 0 aromatic rings. The van der Waals surface area contributed by atoms with E-state index in [1.54, 1.807) is 0 Å². The molecule has 0 saturated heterocycles. The Balaban J connectivity index is 2.07. The van der Waals surface area contributed by atoms with Crippen LogP contribution in [0.4, 0.5) is 0 Å². The van der Waals surface area contributed by atoms with Gasteiger partial charge < -0.3 is 16.0 Å². The third kappa shape index (κ3) is 5.26. The summed E-state index contributed by atoms with van der Waals surface area (Å²) in [5.74, 6) is 0. The lowest BCUT2D eigenvalue weighted by Crippen LogP contribution is -2.44. The summed E-state index contributed by atoms with van der Waals surface area (Å²) in [6.07, 6.45) is 16.5. The van der Waals surface area contributed by atoms with Crippen molar-refractivity contribution in [3.8, 4) is 0 Å². The molecule has 3 N–H and O–H groups in total. The number of nitrogens with one attached hydrogen (secondary N) is 1. The minimum Gasteiger partial charge on any atom is -0.370 e. The van der Waals surface area contributed by atoms with Crippen molar-refractivity contribution >= 4 is 0 Å². The predicted molar refractivity (Wildman–Crippen MR) is 74.1 cm³/mol. The van der Waals surface area contributed by atoms with Crippen LogP contribution in [-0.2, 0) is 0 Å². The first kappa shape index (κ1) is 14.1. The molecule has 0 amide bonds. The summed E-state index contributed by atoms with van der Waals surface area (Å²) in [7, 11) is 0. The van der Waals surface area contributed by atoms with Crippen molar-refractivity contribution in [3.63, 3.8) is 0 Å². The van der Waals surface area contributed by atoms with Gasteiger partial charge in [0.05, 0.1) is 12.3 Å². The van der Waals surface area contributed by atoms with Crippen LogP contribution in [0.3, 0.4) is 0 Å². The molecule has 3 heteroatoms. The van der Waals surface area contributed by atoms with Gasteiger partial charge in [-0.3, -0.25) is 0 Å². The van der Waals surface area contributed by atoms with E-state index in [0.717, 1.165) is 6.42 Å². The second-order valence-corrected chi connectivity index (χ2v) is 4.73. The molecule has 0 aromatic carbocycles. The first-order chi connectivity index (χ1) is 8.25. The highest BCUT2D eigenvalue weighted by molar-refractivity contribution is 4.95. The number of hydrogen-bond acceptors (Lipinski definition) is 3. The molecular weight excluding hydrogens is 210 g/mol. The van der Waals surface area contributed by atoms with Crippen LogP contribution >= 0.6 is 0 Å². The van der Waals surface area contributed by atoms with Crippen LogP contribution < -0.4 is 11.1 Å². The molecule has 0 saturated carbocycles. The highest BCUT2D eigenvalue weighted by atomic mass is 15.3. The van der Waals surface area contributed by atoms with Crippen LogP contribution in [0.15, 0.2) is 24.6 Å². The van der Waals surface area contributed by atoms with Crippen molar-refractivity contribution < 1.29 is 0 Å². The normalized spacial score (nSPS) is 21.1. The molecule has 1 rings (SSSR count). The van der Waals surface area contributed by atoms with Crippen molar-refractivity contribution in [2.75, 3.05) is 0 Å². The lowest BCUT2D eigenvalue weighted by Gasteiger charge is -2.28. The Hall–Kier alpha value is -0.960. The summed E-state index contributed by atoms with van der Waals surface area (Å²) in [6, 6.07) is 0. The molecule has 1 aliphatic rings. The summed E-state index contributed by atoms with van der Waals surface area (Å²) >= 11 is 0. The van der Waals surface area contributed by atoms with Crippen molar-refractivity contribution in [2.24, 2.45) is 5.73 Å². The molecule has 2 atom stereocenters. The summed E-state index contributed by atoms with van der Waals surface area (Å²) < 4.78 is 0. The van der Waals surface area contributed by atoms with Gasteiger partial charge in [0.1, 0.15) is 0 Å². The second-order valence-electron chi connectivity index (χ2n) is 4.73. The highest BCUT2D eigenvalue weighted by Gasteiger charge is 2.19. The Morgan fingerprint density at radius 3 is 2.82 bits per heavy atom. The third-order valence-corrected chi connectivity index (χ3v) is 3.09. The monoisotopic (exact) mass is 237 g/mol. The zero-order chi connectivity index (χ0) is 12.5. The van der Waals surface area contributed by atoms with Gasteiger partial charge in [-0.25, -0.2) is 0 Å². The van der Waals surface area contributed by atoms with Crippen LogP contribution in [0.5, 0.6) is 0 Å². The standard InChI is InChI=1S/C14H27N3/c1-3-4-5-6-7-8-9-10-14-16-11-12-17(14)13(2)15/h5-6,11-14,16H,3-4,7-10,15H2,1-2H3/b6-5+. The van der Waals surface area contributed by atoms with Gasteiger partial charge in [0.15, 0.2) is 0 Å². The summed E-state index contributed by atoms with van der Waals surface area (Å²) in [6.45, 7) is 4.24. The largest absolute Gasteiger partial charge is 0.370 e. The van der Waals surface area contributed by atoms with Crippen molar-refractivity contribution in [2.45, 2.75) is 64.7 Å². The minimum atomic E-state index is 0.0932. The van der Waals surface area contributed by atoms with Gasteiger partial charge in [-0.2, -0.15) is 0 Å². The Labute approximate surface area is 106 Å². The van der Waals surface area contributed by atoms with E-state index < -0.39 is 0 Å². The fourth-order valence-corrected chi connectivity index (χ4v) is 2.08. The smallest absolute Gasteiger partial charge is 0.0995 e. The van der Waals surface area contributed by atoms with Crippen molar-refractivity contribution in [1.82, 2.24) is 10.2 Å². The van der Waals surface area contributed by atoms with Crippen molar-refractivity contribution in [3.05, 3.63) is 24.6 Å². The van der Waals surface area contributed by atoms with E-state index in [1.165, 1.54) is 32.1 Å². The van der Waals surface area contributed by atoms with Crippen LogP contribution in [0.1, 0.15) is 52.4 Å². The number of allylic oxidation sites excluding steroid dienone is 2. The van der Waals surface area contributed by atoms with Gasteiger partial charge in [0.2, 0.25) is 0 Å². The summed E-state index contributed by atoms with van der Waals surface area (Å²) in [4.78, 5) is 2.19. The van der Waals surface area contributed by atoms with E-state index in [4.69, 9.17) is 5.73 Å². The molecule has 1 heterocycles. The Morgan fingerprint density at radius 2 is 2.12 bits per heavy atom. The zero-order valence-corrected chi connectivity index (χ0v) is 11.2. The Kier molecular flexibility index (Phi) is 6.78. The molecule has 0 bridgehead atoms. The number of nitrogens with zero attached hydrogens (tertiary/aromatic N) is 1. The first-order valence-corrected chi connectivity index (χ1v) is 6.86. The average molecular weight is 237 g/mol. The first-order valence-electron chi connectivity index (χ1n) is 6.86. The quantitative estimate of drug-likeness (QED) is 0.504. The SMILES string of the molecule is CCC/C=C/CCCCC1NC=CN1C(C)N. The second kappa shape index (κ2) is 8.18. The molecule has 0 spiro atoms. The topological polar surface area (TPSA) is 41.3 Å². The molecule has 2 unspecified atom stereocenters. The Bertz CT molecular complexity index is 246. The molecule has 0 aliphatic carbocycles. The third-order valence-electron chi connectivity index (χ3n) is 3.09. The van der Waals surface area contributed by atoms with Gasteiger partial charge >= 0.3 is 0 Å². The molecule has 0 aromatic heterocycles. The fraction of sp³-hybridized carbons (Fsp3) is 0.714. The molecule has 1 aliphatic heterocycles. The lowest BCUT2D eigenvalue weighted by molar-refractivity contribution is 0.208. The number of rotatable bonds is 8. The van der Waals surface area contributed by atoms with E-state index in [2.05, 4.69) is 35.5 Å². The molecule has 17 heavy (non-hydrogen) atoms. The van der Waals surface area contributed by atoms with E-state index in [1.807, 2.05) is 13.1 Å². The maximum atomic E-state index is 5.90. The van der Waals surface area contributed by atoms with E-state index >= 15 is 0 Å². The maximum absolute atomic E-state index is 5.90. The molecule has 3 nitrogen and oxygen atoms in total. The molecule has 0 fully saturated rings. The van der Waals surface area contributed by atoms with Crippen LogP contribution in [0.2, 0.25) is 0 Å². The van der Waals surface area contributed by atoms with Gasteiger partial charge in [-0.15, -0.1) is 0 Å². The maximum Gasteiger partial charge on any atom is 0.0995 e. The summed E-state index contributed by atoms with van der Waals surface area (Å²) in [5.41, 5.74) is 5.90. The van der Waals surface area contributed by atoms with Gasteiger partial charge in [-0.1, -0.05) is 25.5 Å². The van der Waals surface area contributed by atoms with Gasteiger partial charge in [0, 0.05) is 12.4 Å². The molecule has 0 radical (unpaired) electrons. The average Bonchev–Trinajstić information content (AvgIpc) is 2.76. The minimum absolute atomic E-state index is 0.0932. The number of unbranched alkanes of at least 4 members (excludes halogenated alkanes) is 3. The lowest BCUT2D eigenvalue weighted by atomic mass is 10.1. The number of nitrogens with two attached hydrogens (primary N) is 1.